The van der Waals surface area contributed by atoms with Gasteiger partial charge >= 0.3 is 23.9 Å². The highest BCUT2D eigenvalue weighted by Crippen LogP contribution is 2.47. The van der Waals surface area contributed by atoms with E-state index in [9.17, 15) is 24.0 Å². The molecule has 0 radical (unpaired) electrons. The fourth-order valence-electron chi connectivity index (χ4n) is 10.0. The van der Waals surface area contributed by atoms with Crippen LogP contribution >= 0.6 is 46.4 Å². The number of carbonyl (C=O) groups is 7. The highest BCUT2D eigenvalue weighted by atomic mass is 35.5. The number of imide groups is 1. The first-order chi connectivity index (χ1) is 42.2. The van der Waals surface area contributed by atoms with E-state index in [0.29, 0.717) is 23.3 Å². The summed E-state index contributed by atoms with van der Waals surface area (Å²) in [5.41, 5.74) is -0.0483. The smallest absolute Gasteiger partial charge is 0.338 e. The average molecular weight is 1260 g/mol. The fraction of sp³-hybridized carbons (Fsp3) is 0.277. The van der Waals surface area contributed by atoms with Crippen LogP contribution in [0.4, 0.5) is 0 Å². The zero-order chi connectivity index (χ0) is 61.6. The lowest BCUT2D eigenvalue weighted by Gasteiger charge is -2.48. The molecule has 2 saturated heterocycles. The third-order valence-corrected chi connectivity index (χ3v) is 16.1. The normalized spacial score (nSPS) is 22.3. The van der Waals surface area contributed by atoms with E-state index in [4.69, 9.17) is 89.0 Å². The standard InChI is InChI=1S/C65H58Cl4N2O16/c1-3-5-22-34-79-64-52(70-45(72)33-6-4-2)56(86-62(77)41-29-18-10-19-30-41)54(80-35-38-23-12-7-13-24-38)43(83-64)37-82-65-53(71-58(73)46-47(59(71)74)49(67)51(69)50(68)48(46)66)57(87-63(78)42-31-20-11-21-32-42)55(85-61(76)40-27-16-9-17-28-40)44(84-65)36-81-60(75)39-25-14-8-15-26-39/h3-4,7-21,23-32,43-44,52-57,64-65H,1-2,5-6,22,33-37H2,(H,70,72)/t43-,44-,52-,53-,54-,55-,56-,57-,64-,65-/m1/s1. The van der Waals surface area contributed by atoms with Crippen molar-refractivity contribution in [2.24, 2.45) is 0 Å². The van der Waals surface area contributed by atoms with Crippen LogP contribution in [-0.2, 0) is 54.0 Å². The second-order valence-electron chi connectivity index (χ2n) is 20.1. The topological polar surface area (TPSA) is 218 Å². The minimum Gasteiger partial charge on any atom is -0.459 e. The molecule has 0 spiro atoms. The van der Waals surface area contributed by atoms with Crippen LogP contribution in [0.15, 0.2) is 177 Å². The quantitative estimate of drug-likeness (QED) is 0.0107. The number of nitrogens with zero attached hydrogens (tertiary/aromatic N) is 1. The lowest BCUT2D eigenvalue weighted by Crippen LogP contribution is -2.69. The Hall–Kier alpha value is -7.75. The molecule has 9 rings (SSSR count). The highest BCUT2D eigenvalue weighted by Gasteiger charge is 2.60. The Morgan fingerprint density at radius 3 is 1.46 bits per heavy atom. The fourth-order valence-corrected chi connectivity index (χ4v) is 11.0. The first-order valence-electron chi connectivity index (χ1n) is 27.6. The Labute approximate surface area is 521 Å². The van der Waals surface area contributed by atoms with Gasteiger partial charge in [0.25, 0.3) is 11.8 Å². The Morgan fingerprint density at radius 1 is 0.506 bits per heavy atom. The molecule has 0 aliphatic carbocycles. The number of hydrogen-bond donors (Lipinski definition) is 1. The van der Waals surface area contributed by atoms with Crippen molar-refractivity contribution < 1.29 is 76.2 Å². The molecule has 1 N–H and O–H groups in total. The zero-order valence-corrected chi connectivity index (χ0v) is 49.4. The maximum Gasteiger partial charge on any atom is 0.338 e. The van der Waals surface area contributed by atoms with Crippen molar-refractivity contribution >= 4 is 88.0 Å². The van der Waals surface area contributed by atoms with Crippen molar-refractivity contribution in [3.05, 3.63) is 236 Å². The number of nitrogens with one attached hydrogen (secondary N) is 1. The predicted octanol–water partition coefficient (Wildman–Crippen LogP) is 11.3. The van der Waals surface area contributed by atoms with Gasteiger partial charge < -0.3 is 47.9 Å². The summed E-state index contributed by atoms with van der Waals surface area (Å²) in [7, 11) is 0. The van der Waals surface area contributed by atoms with Gasteiger partial charge in [0, 0.05) is 6.42 Å². The number of unbranched alkanes of at least 4 members (excludes halogenated alkanes) is 1. The third kappa shape index (κ3) is 15.2. The largest absolute Gasteiger partial charge is 0.459 e. The Balaban J connectivity index is 1.20. The summed E-state index contributed by atoms with van der Waals surface area (Å²) in [6, 6.07) is 37.1. The minimum atomic E-state index is -2.01. The number of esters is 4. The first-order valence-corrected chi connectivity index (χ1v) is 29.1. The number of ether oxygens (including phenoxy) is 9. The van der Waals surface area contributed by atoms with Crippen LogP contribution in [0.1, 0.15) is 93.4 Å². The van der Waals surface area contributed by atoms with Crippen molar-refractivity contribution in [3.8, 4) is 0 Å². The van der Waals surface area contributed by atoms with Crippen molar-refractivity contribution in [1.82, 2.24) is 10.2 Å². The third-order valence-electron chi connectivity index (χ3n) is 14.3. The molecule has 87 heavy (non-hydrogen) atoms. The Kier molecular flexibility index (Phi) is 22.2. The molecule has 452 valence electrons. The summed E-state index contributed by atoms with van der Waals surface area (Å²) >= 11 is 26.6. The summed E-state index contributed by atoms with van der Waals surface area (Å²) in [5, 5.41) is 1.32. The lowest BCUT2D eigenvalue weighted by atomic mass is 9.94. The molecule has 2 fully saturated rings. The number of hydrogen-bond acceptors (Lipinski definition) is 16. The zero-order valence-electron chi connectivity index (χ0n) is 46.4. The Morgan fingerprint density at radius 2 is 0.954 bits per heavy atom. The average Bonchev–Trinajstić information content (AvgIpc) is 1.73. The number of fused-ring (bicyclic) bond motifs is 1. The van der Waals surface area contributed by atoms with Gasteiger partial charge in [0.05, 0.1) is 73.3 Å². The number of amides is 3. The van der Waals surface area contributed by atoms with Gasteiger partial charge in [-0.15, -0.1) is 13.2 Å². The lowest BCUT2D eigenvalue weighted by molar-refractivity contribution is -0.311. The molecular weight excluding hydrogens is 1210 g/mol. The molecule has 18 nitrogen and oxygen atoms in total. The molecule has 3 aliphatic rings. The van der Waals surface area contributed by atoms with E-state index in [2.05, 4.69) is 18.5 Å². The number of benzene rings is 6. The van der Waals surface area contributed by atoms with E-state index in [-0.39, 0.29) is 58.4 Å². The van der Waals surface area contributed by atoms with E-state index in [1.54, 1.807) is 121 Å². The molecule has 22 heteroatoms. The molecule has 0 saturated carbocycles. The maximum absolute atomic E-state index is 15.3. The monoisotopic (exact) mass is 1260 g/mol. The summed E-state index contributed by atoms with van der Waals surface area (Å²) in [5.74, 6) is -6.48. The number of rotatable bonds is 25. The van der Waals surface area contributed by atoms with E-state index in [1.165, 1.54) is 36.4 Å². The molecule has 6 aromatic rings. The van der Waals surface area contributed by atoms with Gasteiger partial charge in [0.2, 0.25) is 5.91 Å². The second-order valence-corrected chi connectivity index (χ2v) is 21.6. The van der Waals surface area contributed by atoms with Crippen LogP contribution in [0.3, 0.4) is 0 Å². The van der Waals surface area contributed by atoms with E-state index in [1.807, 2.05) is 6.07 Å². The van der Waals surface area contributed by atoms with Crippen LogP contribution in [0.5, 0.6) is 0 Å². The van der Waals surface area contributed by atoms with Crippen LogP contribution in [-0.4, -0.2) is 128 Å². The van der Waals surface area contributed by atoms with Crippen LogP contribution in [0, 0.1) is 0 Å². The molecule has 0 unspecified atom stereocenters. The molecule has 0 bridgehead atoms. The summed E-state index contributed by atoms with van der Waals surface area (Å²) in [4.78, 5) is 102. The highest BCUT2D eigenvalue weighted by molar-refractivity contribution is 6.55. The van der Waals surface area contributed by atoms with Crippen molar-refractivity contribution in [2.75, 3.05) is 19.8 Å². The van der Waals surface area contributed by atoms with E-state index >= 15 is 9.59 Å². The molecule has 6 aromatic carbocycles. The van der Waals surface area contributed by atoms with Crippen LogP contribution < -0.4 is 5.32 Å². The number of carbonyl (C=O) groups excluding carboxylic acids is 7. The van der Waals surface area contributed by atoms with Crippen molar-refractivity contribution in [3.63, 3.8) is 0 Å². The second kappa shape index (κ2) is 30.2. The van der Waals surface area contributed by atoms with Gasteiger partial charge in [0.15, 0.2) is 30.9 Å². The van der Waals surface area contributed by atoms with Crippen LogP contribution in [0.2, 0.25) is 20.1 Å². The van der Waals surface area contributed by atoms with Crippen LogP contribution in [0.25, 0.3) is 0 Å². The SMILES string of the molecule is C=CCCCO[C@@H]1O[C@H](CO[C@@H]2O[C@H](COC(=O)c3ccccc3)[C@@H](OC(=O)c3ccccc3)[C@H](OC(=O)c3ccccc3)[C@H]2N2C(=O)c3c(Cl)c(Cl)c(Cl)c(Cl)c3C2=O)[C@@H](OCc2ccccc2)[C@H](OC(=O)c2ccccc2)[C@H]1NC(=O)CCC=C. The van der Waals surface area contributed by atoms with Gasteiger partial charge in [-0.3, -0.25) is 19.3 Å². The van der Waals surface area contributed by atoms with Gasteiger partial charge in [-0.05, 0) is 73.4 Å². The van der Waals surface area contributed by atoms with Gasteiger partial charge in [-0.25, -0.2) is 19.2 Å². The van der Waals surface area contributed by atoms with Gasteiger partial charge in [-0.1, -0.05) is 162 Å². The number of allylic oxidation sites excluding steroid dienone is 2. The summed E-state index contributed by atoms with van der Waals surface area (Å²) in [6.45, 7) is 6.06. The molecule has 3 amide bonds. The molecular formula is C65H58Cl4N2O16. The van der Waals surface area contributed by atoms with E-state index in [0.717, 1.165) is 0 Å². The van der Waals surface area contributed by atoms with Gasteiger partial charge in [-0.2, -0.15) is 0 Å². The van der Waals surface area contributed by atoms with Crippen molar-refractivity contribution in [1.29, 1.82) is 0 Å². The predicted molar refractivity (Wildman–Crippen MR) is 319 cm³/mol. The molecule has 0 aromatic heterocycles. The van der Waals surface area contributed by atoms with E-state index < -0.39 is 137 Å². The molecule has 10 atom stereocenters. The summed E-state index contributed by atoms with van der Waals surface area (Å²) < 4.78 is 58.6. The van der Waals surface area contributed by atoms with Gasteiger partial charge in [0.1, 0.15) is 37.0 Å². The molecule has 3 heterocycles. The molecule has 3 aliphatic heterocycles. The minimum absolute atomic E-state index is 0.0131. The number of halogens is 4. The first kappa shape index (κ1) is 63.7. The maximum atomic E-state index is 15.3. The summed E-state index contributed by atoms with van der Waals surface area (Å²) in [6.07, 6.45) is -8.67. The Bertz CT molecular complexity index is 3390. The van der Waals surface area contributed by atoms with Crippen molar-refractivity contribution in [2.45, 2.75) is 93.6 Å².